The Bertz CT molecular complexity index is 1930. The van der Waals surface area contributed by atoms with Gasteiger partial charge in [-0.25, -0.2) is 4.79 Å². The van der Waals surface area contributed by atoms with Crippen molar-refractivity contribution in [2.45, 2.75) is 161 Å². The Labute approximate surface area is 422 Å². The van der Waals surface area contributed by atoms with Crippen LogP contribution in [0.5, 0.6) is 11.8 Å². The van der Waals surface area contributed by atoms with Gasteiger partial charge in [-0.3, -0.25) is 38.1 Å². The lowest BCUT2D eigenvalue weighted by Crippen LogP contribution is -2.48. The van der Waals surface area contributed by atoms with Crippen LogP contribution in [0.25, 0.3) is 0 Å². The fourth-order valence-electron chi connectivity index (χ4n) is 8.49. The molecular weight excluding hydrogens is 941 g/mol. The number of hydrogen-bond acceptors (Lipinski definition) is 13. The molecule has 0 aliphatic heterocycles. The Hall–Kier alpha value is -5.48. The summed E-state index contributed by atoms with van der Waals surface area (Å²) >= 11 is 0. The summed E-state index contributed by atoms with van der Waals surface area (Å²) in [5.74, 6) is -5.40. The summed E-state index contributed by atoms with van der Waals surface area (Å²) in [6, 6.07) is -1.00. The maximum absolute atomic E-state index is 13.1. The van der Waals surface area contributed by atoms with Crippen LogP contribution in [0.4, 0.5) is 0 Å². The third kappa shape index (κ3) is 24.8. The van der Waals surface area contributed by atoms with Gasteiger partial charge >= 0.3 is 17.9 Å². The minimum Gasteiger partial charge on any atom is -0.494 e. The first-order valence-corrected chi connectivity index (χ1v) is 25.5. The predicted molar refractivity (Wildman–Crippen MR) is 262 cm³/mol. The molecule has 1 aromatic heterocycles. The van der Waals surface area contributed by atoms with E-state index < -0.39 is 60.1 Å². The second kappa shape index (κ2) is 31.2. The van der Waals surface area contributed by atoms with Crippen LogP contribution in [0.1, 0.15) is 148 Å². The molecule has 22 heteroatoms. The number of rotatable bonds is 38. The van der Waals surface area contributed by atoms with Crippen molar-refractivity contribution in [3.05, 3.63) is 11.6 Å². The van der Waals surface area contributed by atoms with E-state index in [9.17, 15) is 58.8 Å². The largest absolute Gasteiger partial charge is 0.494 e. The highest BCUT2D eigenvalue weighted by Gasteiger charge is 2.33. The van der Waals surface area contributed by atoms with Crippen LogP contribution < -0.4 is 26.6 Å². The second-order valence-electron chi connectivity index (χ2n) is 20.7. The van der Waals surface area contributed by atoms with Gasteiger partial charge in [-0.05, 0) is 99.7 Å². The lowest BCUT2D eigenvalue weighted by molar-refractivity contribution is -0.143. The van der Waals surface area contributed by atoms with Crippen molar-refractivity contribution in [3.8, 4) is 11.8 Å². The zero-order chi connectivity index (χ0) is 53.3. The number of carbonyl (C=O) groups excluding carboxylic acids is 5. The number of carboxylic acid groups (broad SMARTS) is 3. The molecule has 0 radical (unpaired) electrons. The zero-order valence-corrected chi connectivity index (χ0v) is 42.7. The van der Waals surface area contributed by atoms with E-state index in [1.54, 1.807) is 6.07 Å². The van der Waals surface area contributed by atoms with E-state index in [1.807, 2.05) is 27.7 Å². The normalized spacial score (nSPS) is 16.8. The number of ether oxygens (including phenoxy) is 3. The highest BCUT2D eigenvalue weighted by Crippen LogP contribution is 2.46. The van der Waals surface area contributed by atoms with E-state index in [1.165, 1.54) is 4.57 Å². The lowest BCUT2D eigenvalue weighted by Gasteiger charge is -2.31. The van der Waals surface area contributed by atoms with Crippen LogP contribution in [0.15, 0.2) is 6.07 Å². The Morgan fingerprint density at radius 3 is 1.78 bits per heavy atom. The van der Waals surface area contributed by atoms with E-state index in [2.05, 4.69) is 26.6 Å². The van der Waals surface area contributed by atoms with Gasteiger partial charge in [-0.2, -0.15) is 0 Å². The fraction of sp³-hybridized carbons (Fsp3) is 0.760. The average Bonchev–Trinajstić information content (AvgIpc) is 4.11. The molecule has 3 rings (SSSR count). The van der Waals surface area contributed by atoms with Gasteiger partial charge in [0.05, 0.1) is 32.8 Å². The standard InChI is InChI=1S/C50H82N6O16/c1-49(2,18-19-50(3,4)31-44(63)64)30-41(59)53-32-33-7-9-35(10-8-33)45(65)55-38(48(68)69)13-15-40(58)54-37(14-16-43(61)62)46(66)52-21-6-24-71-26-28-72-27-25-70-23-5-20-51-39(57)17-22-56-42(60)29-36(47(56)67)34-11-12-34/h29,33-35,37-38,60,67H,5-28,30-32H2,1-4H3,(H,51,57)(H,52,66)(H,53,59)(H,54,58)(H,55,65)(H,61,62)(H,63,64)(H,68,69). The molecule has 2 saturated carbocycles. The molecule has 0 aromatic carbocycles. The molecule has 2 atom stereocenters. The minimum absolute atomic E-state index is 0.0234. The molecule has 0 saturated heterocycles. The van der Waals surface area contributed by atoms with E-state index >= 15 is 0 Å². The predicted octanol–water partition coefficient (Wildman–Crippen LogP) is 3.55. The van der Waals surface area contributed by atoms with Gasteiger partial charge in [0.25, 0.3) is 0 Å². The quantitative estimate of drug-likeness (QED) is 0.0424. The topological polar surface area (TPSA) is 330 Å². The van der Waals surface area contributed by atoms with Crippen LogP contribution in [0.3, 0.4) is 0 Å². The first-order chi connectivity index (χ1) is 34.1. The molecule has 2 fully saturated rings. The van der Waals surface area contributed by atoms with Gasteiger partial charge in [-0.15, -0.1) is 0 Å². The Morgan fingerprint density at radius 2 is 1.21 bits per heavy atom. The number of aromatic nitrogens is 1. The molecule has 72 heavy (non-hydrogen) atoms. The summed E-state index contributed by atoms with van der Waals surface area (Å²) in [6.07, 6.45) is 5.89. The molecule has 0 spiro atoms. The number of amides is 5. The Morgan fingerprint density at radius 1 is 0.639 bits per heavy atom. The van der Waals surface area contributed by atoms with Gasteiger partial charge in [-0.1, -0.05) is 27.7 Å². The van der Waals surface area contributed by atoms with Crippen LogP contribution in [-0.4, -0.2) is 149 Å². The summed E-state index contributed by atoms with van der Waals surface area (Å²) < 4.78 is 17.9. The fourth-order valence-corrected chi connectivity index (χ4v) is 8.49. The number of nitrogens with one attached hydrogen (secondary N) is 5. The number of aromatic hydroxyl groups is 2. The highest BCUT2D eigenvalue weighted by atomic mass is 16.5. The number of nitrogens with zero attached hydrogens (tertiary/aromatic N) is 1. The van der Waals surface area contributed by atoms with Crippen molar-refractivity contribution in [1.82, 2.24) is 31.2 Å². The first-order valence-electron chi connectivity index (χ1n) is 25.5. The molecule has 408 valence electrons. The maximum atomic E-state index is 13.1. The van der Waals surface area contributed by atoms with Gasteiger partial charge in [0.2, 0.25) is 29.5 Å². The monoisotopic (exact) mass is 1020 g/mol. The summed E-state index contributed by atoms with van der Waals surface area (Å²) in [4.78, 5) is 98.5. The van der Waals surface area contributed by atoms with Crippen molar-refractivity contribution in [1.29, 1.82) is 0 Å². The van der Waals surface area contributed by atoms with E-state index in [-0.39, 0.29) is 105 Å². The summed E-state index contributed by atoms with van der Waals surface area (Å²) in [6.45, 7) is 11.0. The van der Waals surface area contributed by atoms with Crippen LogP contribution >= 0.6 is 0 Å². The molecule has 10 N–H and O–H groups in total. The van der Waals surface area contributed by atoms with Crippen LogP contribution in [-0.2, 0) is 59.1 Å². The molecule has 2 aliphatic carbocycles. The SMILES string of the molecule is CC(C)(CCC(C)(C)CC(=O)NCC1CCC(C(=O)NC(CCC(=O)NC(CCC(=O)O)C(=O)NCCCOCCOCCOCCCNC(=O)CCn2c(O)cc(C3CC3)c2O)C(=O)O)CC1)CC(=O)O. The number of carboxylic acids is 3. The van der Waals surface area contributed by atoms with E-state index in [4.69, 9.17) is 19.3 Å². The summed E-state index contributed by atoms with van der Waals surface area (Å²) in [5, 5.41) is 62.1. The third-order valence-corrected chi connectivity index (χ3v) is 13.1. The van der Waals surface area contributed by atoms with Gasteiger partial charge < -0.3 is 66.3 Å². The molecule has 0 bridgehead atoms. The number of hydrogen-bond donors (Lipinski definition) is 10. The zero-order valence-electron chi connectivity index (χ0n) is 42.7. The van der Waals surface area contributed by atoms with Crippen molar-refractivity contribution >= 4 is 47.4 Å². The molecule has 5 amide bonds. The van der Waals surface area contributed by atoms with Crippen molar-refractivity contribution < 1.29 is 78.1 Å². The number of carbonyl (C=O) groups is 8. The molecule has 1 aromatic rings. The molecular formula is C50H82N6O16. The van der Waals surface area contributed by atoms with Crippen molar-refractivity contribution in [3.63, 3.8) is 0 Å². The van der Waals surface area contributed by atoms with Crippen molar-refractivity contribution in [2.75, 3.05) is 59.3 Å². The molecule has 22 nitrogen and oxygen atoms in total. The molecule has 1 heterocycles. The van der Waals surface area contributed by atoms with E-state index in [0.29, 0.717) is 97.3 Å². The highest BCUT2D eigenvalue weighted by molar-refractivity contribution is 5.89. The van der Waals surface area contributed by atoms with Crippen LogP contribution in [0.2, 0.25) is 0 Å². The second-order valence-corrected chi connectivity index (χ2v) is 20.7. The smallest absolute Gasteiger partial charge is 0.326 e. The molecule has 2 unspecified atom stereocenters. The van der Waals surface area contributed by atoms with Crippen LogP contribution in [0, 0.1) is 22.7 Å². The number of aliphatic carboxylic acids is 3. The molecule has 2 aliphatic rings. The van der Waals surface area contributed by atoms with Crippen molar-refractivity contribution in [2.24, 2.45) is 22.7 Å². The Kier molecular flexibility index (Phi) is 26.3. The maximum Gasteiger partial charge on any atom is 0.326 e. The average molecular weight is 1020 g/mol. The van der Waals surface area contributed by atoms with E-state index in [0.717, 1.165) is 18.4 Å². The summed E-state index contributed by atoms with van der Waals surface area (Å²) in [5.41, 5.74) is 0.0343. The minimum atomic E-state index is -1.37. The first kappa shape index (κ1) is 60.8. The van der Waals surface area contributed by atoms with Gasteiger partial charge in [0.1, 0.15) is 12.1 Å². The third-order valence-electron chi connectivity index (χ3n) is 13.1. The van der Waals surface area contributed by atoms with Gasteiger partial charge in [0, 0.05) is 82.6 Å². The lowest BCUT2D eigenvalue weighted by atomic mass is 9.76. The van der Waals surface area contributed by atoms with Gasteiger partial charge in [0.15, 0.2) is 11.8 Å². The summed E-state index contributed by atoms with van der Waals surface area (Å²) in [7, 11) is 0. The Balaban J connectivity index is 1.22.